The van der Waals surface area contributed by atoms with E-state index in [0.29, 0.717) is 52.2 Å². The summed E-state index contributed by atoms with van der Waals surface area (Å²) in [6.45, 7) is 11.3. The fourth-order valence-corrected chi connectivity index (χ4v) is 4.66. The Morgan fingerprint density at radius 1 is 0.641 bits per heavy atom. The second kappa shape index (κ2) is 12.0. The van der Waals surface area contributed by atoms with E-state index in [0.717, 1.165) is 37.3 Å². The van der Waals surface area contributed by atoms with Gasteiger partial charge in [-0.25, -0.2) is 0 Å². The Morgan fingerprint density at radius 3 is 1.36 bits per heavy atom. The maximum atomic E-state index is 10.8. The second-order valence-corrected chi connectivity index (χ2v) is 8.98. The molecule has 0 aliphatic heterocycles. The van der Waals surface area contributed by atoms with E-state index in [1.807, 2.05) is 52.0 Å². The van der Waals surface area contributed by atoms with Crippen molar-refractivity contribution in [3.05, 3.63) is 47.5 Å². The average molecular weight is 537 g/mol. The maximum absolute atomic E-state index is 10.8. The van der Waals surface area contributed by atoms with Crippen LogP contribution >= 0.6 is 0 Å². The lowest BCUT2D eigenvalue weighted by Gasteiger charge is -2.16. The van der Waals surface area contributed by atoms with E-state index in [2.05, 4.69) is 20.1 Å². The molecule has 2 aromatic heterocycles. The van der Waals surface area contributed by atoms with Crippen molar-refractivity contribution in [2.45, 2.75) is 34.1 Å². The number of anilines is 2. The molecule has 2 heterocycles. The lowest BCUT2D eigenvalue weighted by molar-refractivity contribution is 0.397. The SMILES string of the molecule is CCN(CC)c1cc(-c2cc(Cc3cc(-c4cc(N(CC)CC)no4)c(O)cc3OC)c(OC)cc2O)on1. The first-order valence-electron chi connectivity index (χ1n) is 13.1. The Balaban J connectivity index is 1.74. The fourth-order valence-electron chi connectivity index (χ4n) is 4.66. The van der Waals surface area contributed by atoms with Gasteiger partial charge in [-0.3, -0.25) is 0 Å². The zero-order valence-electron chi connectivity index (χ0n) is 23.3. The van der Waals surface area contributed by atoms with Gasteiger partial charge in [-0.1, -0.05) is 10.3 Å². The molecule has 4 rings (SSSR count). The molecule has 0 bridgehead atoms. The number of ether oxygens (including phenoxy) is 2. The van der Waals surface area contributed by atoms with Crippen LogP contribution in [0.2, 0.25) is 0 Å². The molecule has 0 aliphatic carbocycles. The summed E-state index contributed by atoms with van der Waals surface area (Å²) in [5.41, 5.74) is 2.55. The minimum Gasteiger partial charge on any atom is -0.507 e. The van der Waals surface area contributed by atoms with Gasteiger partial charge in [0.2, 0.25) is 0 Å². The van der Waals surface area contributed by atoms with Gasteiger partial charge in [0.15, 0.2) is 23.2 Å². The van der Waals surface area contributed by atoms with Gasteiger partial charge in [0.25, 0.3) is 0 Å². The Hall–Kier alpha value is -4.34. The van der Waals surface area contributed by atoms with Gasteiger partial charge in [0.05, 0.1) is 25.3 Å². The first-order valence-corrected chi connectivity index (χ1v) is 13.1. The fraction of sp³-hybridized carbons (Fsp3) is 0.379. The Bertz CT molecular complexity index is 1300. The molecule has 0 aliphatic rings. The van der Waals surface area contributed by atoms with E-state index in [-0.39, 0.29) is 11.5 Å². The van der Waals surface area contributed by atoms with Crippen molar-refractivity contribution in [3.8, 4) is 45.6 Å². The van der Waals surface area contributed by atoms with E-state index in [9.17, 15) is 10.2 Å². The van der Waals surface area contributed by atoms with Crippen LogP contribution in [0.3, 0.4) is 0 Å². The van der Waals surface area contributed by atoms with Crippen LogP contribution in [0.5, 0.6) is 23.0 Å². The molecule has 2 aromatic carbocycles. The first-order chi connectivity index (χ1) is 18.9. The van der Waals surface area contributed by atoms with E-state index in [1.54, 1.807) is 26.4 Å². The number of aromatic hydroxyl groups is 2. The lowest BCUT2D eigenvalue weighted by atomic mass is 9.97. The number of phenolic OH excluding ortho intramolecular Hbond substituents is 2. The zero-order chi connectivity index (χ0) is 28.1. The van der Waals surface area contributed by atoms with Crippen molar-refractivity contribution in [2.24, 2.45) is 0 Å². The van der Waals surface area contributed by atoms with Crippen LogP contribution in [0.15, 0.2) is 45.4 Å². The Labute approximate surface area is 228 Å². The third kappa shape index (κ3) is 5.59. The minimum atomic E-state index is 0.0156. The summed E-state index contributed by atoms with van der Waals surface area (Å²) >= 11 is 0. The molecule has 0 spiro atoms. The van der Waals surface area contributed by atoms with Crippen LogP contribution < -0.4 is 19.3 Å². The van der Waals surface area contributed by atoms with Crippen molar-refractivity contribution >= 4 is 11.6 Å². The summed E-state index contributed by atoms with van der Waals surface area (Å²) in [6, 6.07) is 10.4. The summed E-state index contributed by atoms with van der Waals surface area (Å²) in [5.74, 6) is 3.33. The van der Waals surface area contributed by atoms with E-state index in [4.69, 9.17) is 18.5 Å². The molecule has 10 heteroatoms. The van der Waals surface area contributed by atoms with Gasteiger partial charge in [0, 0.05) is 56.9 Å². The highest BCUT2D eigenvalue weighted by Crippen LogP contribution is 2.41. The number of hydrogen-bond acceptors (Lipinski definition) is 10. The normalized spacial score (nSPS) is 11.0. The molecule has 4 aromatic rings. The van der Waals surface area contributed by atoms with E-state index < -0.39 is 0 Å². The highest BCUT2D eigenvalue weighted by molar-refractivity contribution is 5.73. The van der Waals surface area contributed by atoms with Crippen LogP contribution in [-0.4, -0.2) is 60.9 Å². The Kier molecular flexibility index (Phi) is 8.53. The molecule has 0 atom stereocenters. The first kappa shape index (κ1) is 27.7. The van der Waals surface area contributed by atoms with Gasteiger partial charge >= 0.3 is 0 Å². The number of hydrogen-bond donors (Lipinski definition) is 2. The van der Waals surface area contributed by atoms with E-state index in [1.165, 1.54) is 0 Å². The summed E-state index contributed by atoms with van der Waals surface area (Å²) in [5, 5.41) is 29.9. The third-order valence-corrected chi connectivity index (χ3v) is 6.88. The Morgan fingerprint density at radius 2 is 1.03 bits per heavy atom. The summed E-state index contributed by atoms with van der Waals surface area (Å²) < 4.78 is 22.4. The summed E-state index contributed by atoms with van der Waals surface area (Å²) in [6.07, 6.45) is 0.376. The third-order valence-electron chi connectivity index (χ3n) is 6.88. The van der Waals surface area contributed by atoms with Crippen molar-refractivity contribution in [2.75, 3.05) is 50.2 Å². The second-order valence-electron chi connectivity index (χ2n) is 8.98. The van der Waals surface area contributed by atoms with Crippen LogP contribution in [0.1, 0.15) is 38.8 Å². The largest absolute Gasteiger partial charge is 0.507 e. The number of rotatable bonds is 12. The smallest absolute Gasteiger partial charge is 0.172 e. The van der Waals surface area contributed by atoms with Gasteiger partial charge < -0.3 is 38.5 Å². The average Bonchev–Trinajstić information content (AvgIpc) is 3.62. The van der Waals surface area contributed by atoms with Gasteiger partial charge in [-0.15, -0.1) is 0 Å². The van der Waals surface area contributed by atoms with Gasteiger partial charge in [-0.05, 0) is 51.0 Å². The number of nitrogens with zero attached hydrogens (tertiary/aromatic N) is 4. The zero-order valence-corrected chi connectivity index (χ0v) is 23.3. The van der Waals surface area contributed by atoms with Crippen molar-refractivity contribution in [1.82, 2.24) is 10.3 Å². The molecule has 0 saturated carbocycles. The highest BCUT2D eigenvalue weighted by atomic mass is 16.5. The molecule has 208 valence electrons. The molecular formula is C29H36N4O6. The lowest BCUT2D eigenvalue weighted by Crippen LogP contribution is -2.21. The predicted molar refractivity (Wildman–Crippen MR) is 150 cm³/mol. The van der Waals surface area contributed by atoms with Crippen molar-refractivity contribution < 1.29 is 28.7 Å². The minimum absolute atomic E-state index is 0.0156. The van der Waals surface area contributed by atoms with Crippen LogP contribution in [-0.2, 0) is 6.42 Å². The predicted octanol–water partition coefficient (Wildman–Crippen LogP) is 5.71. The van der Waals surface area contributed by atoms with E-state index >= 15 is 0 Å². The molecule has 0 fully saturated rings. The van der Waals surface area contributed by atoms with Crippen LogP contribution in [0.25, 0.3) is 22.6 Å². The molecule has 10 nitrogen and oxygen atoms in total. The maximum Gasteiger partial charge on any atom is 0.172 e. The van der Waals surface area contributed by atoms with Crippen molar-refractivity contribution in [3.63, 3.8) is 0 Å². The number of aromatic nitrogens is 2. The summed E-state index contributed by atoms with van der Waals surface area (Å²) in [4.78, 5) is 4.12. The molecule has 0 unspecified atom stereocenters. The molecule has 0 amide bonds. The standard InChI is InChI=1S/C29H36N4O6/c1-7-32(8-2)28-16-26(38-30-28)20-12-18(24(36-5)14-22(20)34)11-19-13-21(23(35)15-25(19)37-6)27-17-29(31-39-27)33(9-3)10-4/h12-17,34-35H,7-11H2,1-6H3. The molecule has 0 radical (unpaired) electrons. The van der Waals surface area contributed by atoms with Crippen LogP contribution in [0.4, 0.5) is 11.6 Å². The summed E-state index contributed by atoms with van der Waals surface area (Å²) in [7, 11) is 3.10. The van der Waals surface area contributed by atoms with Crippen molar-refractivity contribution in [1.29, 1.82) is 0 Å². The molecule has 39 heavy (non-hydrogen) atoms. The van der Waals surface area contributed by atoms with Gasteiger partial charge in [0.1, 0.15) is 23.0 Å². The molecule has 2 N–H and O–H groups in total. The highest BCUT2D eigenvalue weighted by Gasteiger charge is 2.21. The topological polar surface area (TPSA) is 117 Å². The van der Waals surface area contributed by atoms with Crippen LogP contribution in [0, 0.1) is 0 Å². The quantitative estimate of drug-likeness (QED) is 0.233. The number of phenols is 2. The number of methoxy groups -OCH3 is 2. The van der Waals surface area contributed by atoms with Gasteiger partial charge in [-0.2, -0.15) is 0 Å². The molecule has 0 saturated heterocycles. The molecular weight excluding hydrogens is 500 g/mol. The monoisotopic (exact) mass is 536 g/mol. The number of benzene rings is 2.